The first kappa shape index (κ1) is 15.2. The van der Waals surface area contributed by atoms with Crippen LogP contribution in [0.1, 0.15) is 46.0 Å². The van der Waals surface area contributed by atoms with Crippen LogP contribution in [-0.4, -0.2) is 46.3 Å². The van der Waals surface area contributed by atoms with Gasteiger partial charge in [-0.25, -0.2) is 0 Å². The van der Waals surface area contributed by atoms with Crippen LogP contribution >= 0.6 is 11.8 Å². The lowest BCUT2D eigenvalue weighted by Gasteiger charge is -2.45. The Morgan fingerprint density at radius 2 is 1.90 bits per heavy atom. The monoisotopic (exact) mass is 310 g/mol. The number of thioether (sulfide) groups is 1. The van der Waals surface area contributed by atoms with Gasteiger partial charge in [-0.15, -0.1) is 0 Å². The fourth-order valence-corrected chi connectivity index (χ4v) is 4.95. The number of amides is 2. The van der Waals surface area contributed by atoms with Gasteiger partial charge in [0.1, 0.15) is 12.1 Å². The van der Waals surface area contributed by atoms with Gasteiger partial charge < -0.3 is 10.2 Å². The standard InChI is InChI=1S/C16H26N2O2S/c1-9(2)14-15(19)17-13(10-7-8-10)16(20)18(14)11-5-4-6-12(11)21-3/h9-14H,4-8H2,1-3H3,(H,17,19). The number of nitrogens with one attached hydrogen (secondary N) is 1. The van der Waals surface area contributed by atoms with Crippen LogP contribution in [0.5, 0.6) is 0 Å². The molecular formula is C16H26N2O2S. The molecular weight excluding hydrogens is 284 g/mol. The zero-order valence-electron chi connectivity index (χ0n) is 13.2. The Balaban J connectivity index is 1.89. The van der Waals surface area contributed by atoms with Gasteiger partial charge in [0.05, 0.1) is 0 Å². The van der Waals surface area contributed by atoms with Crippen molar-refractivity contribution in [3.05, 3.63) is 0 Å². The lowest BCUT2D eigenvalue weighted by Crippen LogP contribution is -2.68. The van der Waals surface area contributed by atoms with E-state index >= 15 is 0 Å². The fourth-order valence-electron chi connectivity index (χ4n) is 3.97. The van der Waals surface area contributed by atoms with Crippen molar-refractivity contribution in [2.45, 2.75) is 69.3 Å². The van der Waals surface area contributed by atoms with Crippen LogP contribution in [0.15, 0.2) is 0 Å². The highest BCUT2D eigenvalue weighted by atomic mass is 32.2. The molecule has 5 heteroatoms. The van der Waals surface area contributed by atoms with Crippen molar-refractivity contribution in [2.24, 2.45) is 11.8 Å². The van der Waals surface area contributed by atoms with E-state index in [1.165, 1.54) is 6.42 Å². The quantitative estimate of drug-likeness (QED) is 0.864. The lowest BCUT2D eigenvalue weighted by atomic mass is 9.93. The number of rotatable bonds is 4. The fraction of sp³-hybridized carbons (Fsp3) is 0.875. The third-order valence-corrected chi connectivity index (χ3v) is 6.34. The summed E-state index contributed by atoms with van der Waals surface area (Å²) in [5.74, 6) is 0.790. The van der Waals surface area contributed by atoms with Crippen LogP contribution < -0.4 is 5.32 Å². The minimum Gasteiger partial charge on any atom is -0.342 e. The molecule has 2 amide bonds. The Kier molecular flexibility index (Phi) is 4.21. The molecule has 1 heterocycles. The van der Waals surface area contributed by atoms with E-state index in [0.29, 0.717) is 11.2 Å². The first-order valence-corrected chi connectivity index (χ1v) is 9.48. The number of nitrogens with zero attached hydrogens (tertiary/aromatic N) is 1. The molecule has 3 rings (SSSR count). The molecule has 0 bridgehead atoms. The molecule has 3 fully saturated rings. The Morgan fingerprint density at radius 1 is 1.19 bits per heavy atom. The van der Waals surface area contributed by atoms with Crippen LogP contribution in [0.3, 0.4) is 0 Å². The Morgan fingerprint density at radius 3 is 2.48 bits per heavy atom. The summed E-state index contributed by atoms with van der Waals surface area (Å²) in [6.07, 6.45) is 7.66. The molecule has 0 aromatic carbocycles. The van der Waals surface area contributed by atoms with E-state index in [9.17, 15) is 9.59 Å². The first-order chi connectivity index (χ1) is 10.0. The van der Waals surface area contributed by atoms with Gasteiger partial charge in [0.15, 0.2) is 0 Å². The molecule has 0 aromatic rings. The molecule has 118 valence electrons. The first-order valence-electron chi connectivity index (χ1n) is 8.20. The van der Waals surface area contributed by atoms with Crippen molar-refractivity contribution in [2.75, 3.05) is 6.26 Å². The zero-order valence-corrected chi connectivity index (χ0v) is 14.0. The van der Waals surface area contributed by atoms with E-state index in [4.69, 9.17) is 0 Å². The molecule has 4 atom stereocenters. The largest absolute Gasteiger partial charge is 0.342 e. The van der Waals surface area contributed by atoms with Gasteiger partial charge in [-0.1, -0.05) is 20.3 Å². The summed E-state index contributed by atoms with van der Waals surface area (Å²) in [6, 6.07) is -0.298. The van der Waals surface area contributed by atoms with Crippen molar-refractivity contribution in [3.8, 4) is 0 Å². The average molecular weight is 310 g/mol. The van der Waals surface area contributed by atoms with Crippen LogP contribution in [-0.2, 0) is 9.59 Å². The van der Waals surface area contributed by atoms with Crippen LogP contribution in [0, 0.1) is 11.8 Å². The number of carbonyl (C=O) groups is 2. The molecule has 4 nitrogen and oxygen atoms in total. The molecule has 4 unspecified atom stereocenters. The third-order valence-electron chi connectivity index (χ3n) is 5.19. The van der Waals surface area contributed by atoms with E-state index in [0.717, 1.165) is 25.7 Å². The SMILES string of the molecule is CSC1CCCC1N1C(=O)C(C2CC2)NC(=O)C1C(C)C. The molecule has 2 saturated carbocycles. The van der Waals surface area contributed by atoms with Gasteiger partial charge in [0.2, 0.25) is 11.8 Å². The maximum absolute atomic E-state index is 13.0. The minimum absolute atomic E-state index is 0.0632. The number of carbonyl (C=O) groups excluding carboxylic acids is 2. The van der Waals surface area contributed by atoms with Gasteiger partial charge in [-0.3, -0.25) is 9.59 Å². The van der Waals surface area contributed by atoms with Gasteiger partial charge in [0.25, 0.3) is 0 Å². The zero-order chi connectivity index (χ0) is 15.1. The second-order valence-corrected chi connectivity index (χ2v) is 8.11. The molecule has 1 N–H and O–H groups in total. The maximum atomic E-state index is 13.0. The predicted molar refractivity (Wildman–Crippen MR) is 85.1 cm³/mol. The average Bonchev–Trinajstić information content (AvgIpc) is 3.17. The van der Waals surface area contributed by atoms with E-state index in [2.05, 4.69) is 11.6 Å². The van der Waals surface area contributed by atoms with Gasteiger partial charge in [0, 0.05) is 11.3 Å². The van der Waals surface area contributed by atoms with Crippen LogP contribution in [0.25, 0.3) is 0 Å². The Labute approximate surface area is 131 Å². The smallest absolute Gasteiger partial charge is 0.246 e. The molecule has 2 aliphatic carbocycles. The molecule has 21 heavy (non-hydrogen) atoms. The molecule has 1 saturated heterocycles. The maximum Gasteiger partial charge on any atom is 0.246 e. The number of hydrogen-bond donors (Lipinski definition) is 1. The van der Waals surface area contributed by atoms with E-state index in [1.54, 1.807) is 0 Å². The van der Waals surface area contributed by atoms with Crippen LogP contribution in [0.4, 0.5) is 0 Å². The topological polar surface area (TPSA) is 49.4 Å². The van der Waals surface area contributed by atoms with Gasteiger partial charge in [-0.2, -0.15) is 11.8 Å². The second kappa shape index (κ2) is 5.82. The lowest BCUT2D eigenvalue weighted by molar-refractivity contribution is -0.154. The number of hydrogen-bond acceptors (Lipinski definition) is 3. The van der Waals surface area contributed by atoms with Crippen molar-refractivity contribution in [1.29, 1.82) is 0 Å². The van der Waals surface area contributed by atoms with Crippen LogP contribution in [0.2, 0.25) is 0 Å². The van der Waals surface area contributed by atoms with Gasteiger partial charge in [-0.05, 0) is 43.8 Å². The second-order valence-electron chi connectivity index (χ2n) is 7.03. The summed E-state index contributed by atoms with van der Waals surface area (Å²) >= 11 is 1.85. The predicted octanol–water partition coefficient (Wildman–Crippen LogP) is 2.03. The van der Waals surface area contributed by atoms with E-state index in [-0.39, 0.29) is 35.9 Å². The summed E-state index contributed by atoms with van der Waals surface area (Å²) in [5, 5.41) is 3.50. The highest BCUT2D eigenvalue weighted by Crippen LogP contribution is 2.40. The van der Waals surface area contributed by atoms with Gasteiger partial charge >= 0.3 is 0 Å². The molecule has 0 aromatic heterocycles. The summed E-state index contributed by atoms with van der Waals surface area (Å²) < 4.78 is 0. The Hall–Kier alpha value is -0.710. The number of piperazine rings is 1. The van der Waals surface area contributed by atoms with Crippen molar-refractivity contribution in [3.63, 3.8) is 0 Å². The highest BCUT2D eigenvalue weighted by molar-refractivity contribution is 7.99. The summed E-state index contributed by atoms with van der Waals surface area (Å²) in [6.45, 7) is 4.09. The van der Waals surface area contributed by atoms with E-state index < -0.39 is 0 Å². The van der Waals surface area contributed by atoms with E-state index in [1.807, 2.05) is 30.5 Å². The molecule has 1 aliphatic heterocycles. The molecule has 0 spiro atoms. The summed E-state index contributed by atoms with van der Waals surface area (Å²) in [5.41, 5.74) is 0. The molecule has 3 aliphatic rings. The van der Waals surface area contributed by atoms with Crippen molar-refractivity contribution in [1.82, 2.24) is 10.2 Å². The highest BCUT2D eigenvalue weighted by Gasteiger charge is 2.51. The third kappa shape index (κ3) is 2.69. The van der Waals surface area contributed by atoms with Crippen molar-refractivity contribution >= 4 is 23.6 Å². The van der Waals surface area contributed by atoms with Crippen molar-refractivity contribution < 1.29 is 9.59 Å². The molecule has 0 radical (unpaired) electrons. The normalized spacial score (nSPS) is 37.2. The minimum atomic E-state index is -0.287. The summed E-state index contributed by atoms with van der Waals surface area (Å²) in [7, 11) is 0. The Bertz CT molecular complexity index is 436. The summed E-state index contributed by atoms with van der Waals surface area (Å²) in [4.78, 5) is 27.6.